The highest BCUT2D eigenvalue weighted by molar-refractivity contribution is 7.14. The van der Waals surface area contributed by atoms with Gasteiger partial charge in [-0.15, -0.1) is 34.5 Å². The lowest BCUT2D eigenvalue weighted by atomic mass is 10.2. The topological polar surface area (TPSA) is 86.7 Å². The minimum absolute atomic E-state index is 0.377. The number of amides is 2. The molecule has 0 bridgehead atoms. The first-order valence-corrected chi connectivity index (χ1v) is 12.6. The zero-order valence-electron chi connectivity index (χ0n) is 18.0. The van der Waals surface area contributed by atoms with E-state index in [0.29, 0.717) is 40.7 Å². The van der Waals surface area contributed by atoms with Gasteiger partial charge < -0.3 is 10.2 Å². The Balaban J connectivity index is 1.46. The standard InChI is InChI=1S/C23H22Cl3N5O2S/c24-9-11-31(12-10-25)19-7-1-16(2-8-19)14-27-30-22(33)13-21(32)29-23-28-20(15-34-23)17-3-5-18(26)6-4-17/h1-8,14-15H,9-13H2,(H,30,33)(H,28,29,32)/b27-14-. The fraction of sp³-hybridized carbons (Fsp3) is 0.217. The van der Waals surface area contributed by atoms with E-state index in [2.05, 4.69) is 25.7 Å². The summed E-state index contributed by atoms with van der Waals surface area (Å²) in [5.74, 6) is 0.000317. The third-order valence-electron chi connectivity index (χ3n) is 4.58. The number of nitrogens with zero attached hydrogens (tertiary/aromatic N) is 3. The average Bonchev–Trinajstić information content (AvgIpc) is 3.28. The number of rotatable bonds is 11. The normalized spacial score (nSPS) is 10.9. The van der Waals surface area contributed by atoms with Crippen molar-refractivity contribution in [3.8, 4) is 11.3 Å². The van der Waals surface area contributed by atoms with Crippen LogP contribution in [0.25, 0.3) is 11.3 Å². The number of halogens is 3. The van der Waals surface area contributed by atoms with Crippen LogP contribution in [-0.4, -0.2) is 47.9 Å². The second kappa shape index (κ2) is 13.3. The van der Waals surface area contributed by atoms with Crippen LogP contribution in [0, 0.1) is 0 Å². The second-order valence-electron chi connectivity index (χ2n) is 7.02. The van der Waals surface area contributed by atoms with Crippen molar-refractivity contribution in [2.24, 2.45) is 5.10 Å². The van der Waals surface area contributed by atoms with Crippen LogP contribution in [0.15, 0.2) is 59.0 Å². The number of hydrazone groups is 1. The fourth-order valence-electron chi connectivity index (χ4n) is 2.96. The number of alkyl halides is 2. The van der Waals surface area contributed by atoms with Crippen molar-refractivity contribution in [3.05, 3.63) is 64.5 Å². The van der Waals surface area contributed by atoms with Crippen molar-refractivity contribution >= 4 is 75.0 Å². The van der Waals surface area contributed by atoms with Crippen LogP contribution in [0.4, 0.5) is 10.8 Å². The third kappa shape index (κ3) is 7.99. The highest BCUT2D eigenvalue weighted by Crippen LogP contribution is 2.26. The Morgan fingerprint density at radius 1 is 1.00 bits per heavy atom. The molecule has 7 nitrogen and oxygen atoms in total. The lowest BCUT2D eigenvalue weighted by Gasteiger charge is -2.22. The van der Waals surface area contributed by atoms with E-state index in [1.807, 2.05) is 41.8 Å². The third-order valence-corrected chi connectivity index (χ3v) is 5.93. The summed E-state index contributed by atoms with van der Waals surface area (Å²) in [6, 6.07) is 14.8. The SMILES string of the molecule is O=C(CC(=O)Nc1nc(-c2ccc(Cl)cc2)cs1)N/N=C\c1ccc(N(CCCl)CCCl)cc1. The molecule has 0 fully saturated rings. The molecule has 0 aliphatic heterocycles. The van der Waals surface area contributed by atoms with Crippen LogP contribution in [0.1, 0.15) is 12.0 Å². The first-order valence-electron chi connectivity index (χ1n) is 10.3. The van der Waals surface area contributed by atoms with Gasteiger partial charge in [0.05, 0.1) is 11.9 Å². The first-order chi connectivity index (χ1) is 16.5. The number of aromatic nitrogens is 1. The van der Waals surface area contributed by atoms with Gasteiger partial charge >= 0.3 is 0 Å². The summed E-state index contributed by atoms with van der Waals surface area (Å²) >= 11 is 18.9. The second-order valence-corrected chi connectivity index (χ2v) is 9.07. The Hall–Kier alpha value is -2.65. The van der Waals surface area contributed by atoms with E-state index in [4.69, 9.17) is 34.8 Å². The quantitative estimate of drug-likeness (QED) is 0.152. The van der Waals surface area contributed by atoms with Gasteiger partial charge in [0.2, 0.25) is 11.8 Å². The van der Waals surface area contributed by atoms with Crippen molar-refractivity contribution < 1.29 is 9.59 Å². The average molecular weight is 539 g/mol. The molecule has 3 aromatic rings. The lowest BCUT2D eigenvalue weighted by molar-refractivity contribution is -0.126. The molecule has 0 aliphatic carbocycles. The van der Waals surface area contributed by atoms with Crippen LogP contribution in [0.5, 0.6) is 0 Å². The van der Waals surface area contributed by atoms with Gasteiger partial charge in [0.1, 0.15) is 6.42 Å². The molecule has 34 heavy (non-hydrogen) atoms. The van der Waals surface area contributed by atoms with E-state index in [1.54, 1.807) is 12.1 Å². The molecular weight excluding hydrogens is 517 g/mol. The maximum absolute atomic E-state index is 12.2. The van der Waals surface area contributed by atoms with Crippen molar-refractivity contribution in [2.45, 2.75) is 6.42 Å². The van der Waals surface area contributed by atoms with Crippen LogP contribution in [0.2, 0.25) is 5.02 Å². The molecule has 11 heteroatoms. The molecule has 0 atom stereocenters. The van der Waals surface area contributed by atoms with Crippen LogP contribution in [0.3, 0.4) is 0 Å². The van der Waals surface area contributed by atoms with Gasteiger partial charge in [0.15, 0.2) is 5.13 Å². The molecule has 3 rings (SSSR count). The van der Waals surface area contributed by atoms with Crippen LogP contribution < -0.4 is 15.6 Å². The molecule has 178 valence electrons. The molecule has 0 spiro atoms. The number of hydrogen-bond donors (Lipinski definition) is 2. The van der Waals surface area contributed by atoms with Crippen LogP contribution >= 0.6 is 46.1 Å². The number of nitrogens with one attached hydrogen (secondary N) is 2. The van der Waals surface area contributed by atoms with E-state index >= 15 is 0 Å². The van der Waals surface area contributed by atoms with Crippen molar-refractivity contribution in [1.29, 1.82) is 0 Å². The van der Waals surface area contributed by atoms with Gasteiger partial charge in [-0.25, -0.2) is 10.4 Å². The highest BCUT2D eigenvalue weighted by atomic mass is 35.5. The summed E-state index contributed by atoms with van der Waals surface area (Å²) in [6.45, 7) is 1.40. The number of thiazole rings is 1. The predicted octanol–water partition coefficient (Wildman–Crippen LogP) is 5.23. The summed E-state index contributed by atoms with van der Waals surface area (Å²) in [4.78, 5) is 30.6. The molecule has 2 N–H and O–H groups in total. The number of carbonyl (C=O) groups excluding carboxylic acids is 2. The maximum atomic E-state index is 12.2. The van der Waals surface area contributed by atoms with Gasteiger partial charge in [0.25, 0.3) is 0 Å². The van der Waals surface area contributed by atoms with Gasteiger partial charge in [0, 0.05) is 46.5 Å². The van der Waals surface area contributed by atoms with Crippen molar-refractivity contribution in [3.63, 3.8) is 0 Å². The van der Waals surface area contributed by atoms with E-state index in [-0.39, 0.29) is 6.42 Å². The number of hydrogen-bond acceptors (Lipinski definition) is 6. The minimum atomic E-state index is -0.532. The first kappa shape index (κ1) is 26.0. The Labute approximate surface area is 216 Å². The van der Waals surface area contributed by atoms with E-state index in [0.717, 1.165) is 16.8 Å². The summed E-state index contributed by atoms with van der Waals surface area (Å²) in [6.07, 6.45) is 1.13. The highest BCUT2D eigenvalue weighted by Gasteiger charge is 2.12. The Bertz CT molecular complexity index is 1110. The van der Waals surface area contributed by atoms with E-state index in [1.165, 1.54) is 17.6 Å². The van der Waals surface area contributed by atoms with Gasteiger partial charge in [-0.05, 0) is 29.8 Å². The smallest absolute Gasteiger partial charge is 0.249 e. The molecule has 0 saturated heterocycles. The molecule has 2 amide bonds. The molecule has 2 aromatic carbocycles. The number of anilines is 2. The summed E-state index contributed by atoms with van der Waals surface area (Å²) in [5, 5.41) is 9.40. The van der Waals surface area contributed by atoms with Crippen molar-refractivity contribution in [2.75, 3.05) is 35.1 Å². The number of benzene rings is 2. The Morgan fingerprint density at radius 3 is 2.32 bits per heavy atom. The zero-order valence-corrected chi connectivity index (χ0v) is 21.1. The molecule has 0 aliphatic rings. The monoisotopic (exact) mass is 537 g/mol. The van der Waals surface area contributed by atoms with Crippen LogP contribution in [-0.2, 0) is 9.59 Å². The van der Waals surface area contributed by atoms with Gasteiger partial charge in [-0.2, -0.15) is 5.10 Å². The zero-order chi connectivity index (χ0) is 24.3. The Kier molecular flexibility index (Phi) is 10.2. The summed E-state index contributed by atoms with van der Waals surface area (Å²) < 4.78 is 0. The summed E-state index contributed by atoms with van der Waals surface area (Å²) in [7, 11) is 0. The largest absolute Gasteiger partial charge is 0.369 e. The molecule has 1 aromatic heterocycles. The number of carbonyl (C=O) groups is 2. The van der Waals surface area contributed by atoms with E-state index in [9.17, 15) is 9.59 Å². The molecule has 0 radical (unpaired) electrons. The molecular formula is C23H22Cl3N5O2S. The molecule has 0 unspecified atom stereocenters. The predicted molar refractivity (Wildman–Crippen MR) is 142 cm³/mol. The maximum Gasteiger partial charge on any atom is 0.249 e. The fourth-order valence-corrected chi connectivity index (χ4v) is 4.23. The lowest BCUT2D eigenvalue weighted by Crippen LogP contribution is -2.27. The molecule has 0 saturated carbocycles. The van der Waals surface area contributed by atoms with Gasteiger partial charge in [-0.1, -0.05) is 35.9 Å². The molecule has 1 heterocycles. The van der Waals surface area contributed by atoms with Crippen molar-refractivity contribution in [1.82, 2.24) is 10.4 Å². The van der Waals surface area contributed by atoms with Gasteiger partial charge in [-0.3, -0.25) is 9.59 Å². The van der Waals surface area contributed by atoms with E-state index < -0.39 is 11.8 Å². The summed E-state index contributed by atoms with van der Waals surface area (Å²) in [5.41, 5.74) is 5.75. The Morgan fingerprint density at radius 2 is 1.68 bits per heavy atom. The minimum Gasteiger partial charge on any atom is -0.369 e.